The number of piperidine rings is 1. The van der Waals surface area contributed by atoms with Crippen LogP contribution in [0.15, 0.2) is 48.5 Å². The summed E-state index contributed by atoms with van der Waals surface area (Å²) in [6.45, 7) is 3.15. The molecule has 2 unspecified atom stereocenters. The molecule has 2 amide bonds. The fraction of sp³-hybridized carbons (Fsp3) is 0.464. The average Bonchev–Trinajstić information content (AvgIpc) is 3.33. The Morgan fingerprint density at radius 3 is 2.11 bits per heavy atom. The van der Waals surface area contributed by atoms with Gasteiger partial charge in [-0.2, -0.15) is 0 Å². The molecular weight excluding hydrogens is 444 g/mol. The van der Waals surface area contributed by atoms with E-state index in [1.165, 1.54) is 11.1 Å². The van der Waals surface area contributed by atoms with E-state index in [2.05, 4.69) is 29.6 Å². The second kappa shape index (κ2) is 9.72. The predicted octanol–water partition coefficient (Wildman–Crippen LogP) is 4.26. The van der Waals surface area contributed by atoms with Crippen LogP contribution in [-0.4, -0.2) is 53.7 Å². The molecular formula is C28H32N2O5. The topological polar surface area (TPSA) is 95.9 Å². The van der Waals surface area contributed by atoms with Crippen molar-refractivity contribution in [1.82, 2.24) is 10.2 Å². The molecule has 7 heteroatoms. The van der Waals surface area contributed by atoms with Crippen molar-refractivity contribution in [3.05, 3.63) is 59.7 Å². The number of carbonyl (C=O) groups is 3. The minimum atomic E-state index is -0.743. The first-order valence-corrected chi connectivity index (χ1v) is 12.6. The van der Waals surface area contributed by atoms with Crippen molar-refractivity contribution in [2.45, 2.75) is 44.6 Å². The first kappa shape index (κ1) is 23.4. The number of aliphatic carboxylic acids is 1. The van der Waals surface area contributed by atoms with Gasteiger partial charge in [0.1, 0.15) is 6.61 Å². The number of nitrogens with zero attached hydrogens (tertiary/aromatic N) is 1. The summed E-state index contributed by atoms with van der Waals surface area (Å²) in [4.78, 5) is 39.0. The quantitative estimate of drug-likeness (QED) is 0.622. The molecule has 2 aromatic rings. The van der Waals surface area contributed by atoms with Crippen molar-refractivity contribution in [1.29, 1.82) is 0 Å². The van der Waals surface area contributed by atoms with Crippen molar-refractivity contribution < 1.29 is 24.2 Å². The van der Waals surface area contributed by atoms with Gasteiger partial charge in [0.25, 0.3) is 0 Å². The molecule has 3 atom stereocenters. The number of alkyl carbamates (subject to hydrolysis) is 1. The number of amides is 2. The highest BCUT2D eigenvalue weighted by atomic mass is 16.5. The average molecular weight is 477 g/mol. The van der Waals surface area contributed by atoms with Gasteiger partial charge in [-0.05, 0) is 53.4 Å². The monoisotopic (exact) mass is 476 g/mol. The number of hydrogen-bond donors (Lipinski definition) is 2. The van der Waals surface area contributed by atoms with Crippen LogP contribution in [0.1, 0.15) is 49.7 Å². The molecule has 2 aromatic carbocycles. The minimum absolute atomic E-state index is 0.0131. The van der Waals surface area contributed by atoms with Crippen LogP contribution in [0.2, 0.25) is 0 Å². The van der Waals surface area contributed by atoms with Gasteiger partial charge in [-0.15, -0.1) is 0 Å². The molecule has 1 aliphatic heterocycles. The Morgan fingerprint density at radius 2 is 1.57 bits per heavy atom. The number of hydrogen-bond acceptors (Lipinski definition) is 4. The molecule has 0 radical (unpaired) electrons. The van der Waals surface area contributed by atoms with E-state index in [0.29, 0.717) is 19.5 Å². The lowest BCUT2D eigenvalue weighted by molar-refractivity contribution is -0.149. The lowest BCUT2D eigenvalue weighted by atomic mass is 9.85. The summed E-state index contributed by atoms with van der Waals surface area (Å²) in [6, 6.07) is 16.1. The van der Waals surface area contributed by atoms with Gasteiger partial charge in [0, 0.05) is 31.5 Å². The Morgan fingerprint density at radius 1 is 1.00 bits per heavy atom. The Kier molecular flexibility index (Phi) is 6.50. The Bertz CT molecular complexity index is 1070. The minimum Gasteiger partial charge on any atom is -0.481 e. The molecule has 1 heterocycles. The molecule has 184 valence electrons. The van der Waals surface area contributed by atoms with Crippen LogP contribution in [-0.2, 0) is 14.3 Å². The van der Waals surface area contributed by atoms with E-state index >= 15 is 0 Å². The SMILES string of the molecule is CC[C@@H](CC(=O)N1CC2CCC(C1)C2C(=O)O)NC(=O)OCC1c2ccccc2-c2ccccc21. The zero-order valence-corrected chi connectivity index (χ0v) is 20.0. The lowest BCUT2D eigenvalue weighted by Gasteiger charge is -2.36. The highest BCUT2D eigenvalue weighted by Crippen LogP contribution is 2.44. The molecule has 2 fully saturated rings. The van der Waals surface area contributed by atoms with E-state index in [-0.39, 0.29) is 48.6 Å². The molecule has 35 heavy (non-hydrogen) atoms. The smallest absolute Gasteiger partial charge is 0.407 e. The highest BCUT2D eigenvalue weighted by molar-refractivity contribution is 5.80. The van der Waals surface area contributed by atoms with E-state index in [0.717, 1.165) is 24.0 Å². The van der Waals surface area contributed by atoms with Gasteiger partial charge in [0.15, 0.2) is 0 Å². The van der Waals surface area contributed by atoms with E-state index in [9.17, 15) is 19.5 Å². The summed E-state index contributed by atoms with van der Waals surface area (Å²) in [5, 5.41) is 12.4. The second-order valence-electron chi connectivity index (χ2n) is 10.0. The molecule has 7 nitrogen and oxygen atoms in total. The van der Waals surface area contributed by atoms with Gasteiger partial charge in [0.05, 0.1) is 5.92 Å². The first-order valence-electron chi connectivity index (χ1n) is 12.6. The largest absolute Gasteiger partial charge is 0.481 e. The van der Waals surface area contributed by atoms with Crippen molar-refractivity contribution in [3.8, 4) is 11.1 Å². The van der Waals surface area contributed by atoms with Gasteiger partial charge in [-0.3, -0.25) is 9.59 Å². The summed E-state index contributed by atoms with van der Waals surface area (Å²) in [5.41, 5.74) is 4.66. The van der Waals surface area contributed by atoms with Crippen LogP contribution < -0.4 is 5.32 Å². The molecule has 2 N–H and O–H groups in total. The van der Waals surface area contributed by atoms with Crippen LogP contribution in [0.3, 0.4) is 0 Å². The summed E-state index contributed by atoms with van der Waals surface area (Å²) in [7, 11) is 0. The molecule has 3 aliphatic rings. The van der Waals surface area contributed by atoms with Gasteiger partial charge in [-0.1, -0.05) is 55.5 Å². The van der Waals surface area contributed by atoms with Crippen LogP contribution in [0.25, 0.3) is 11.1 Å². The van der Waals surface area contributed by atoms with E-state index in [1.807, 2.05) is 31.2 Å². The van der Waals surface area contributed by atoms with Crippen LogP contribution in [0.5, 0.6) is 0 Å². The molecule has 2 aliphatic carbocycles. The number of carboxylic acid groups (broad SMARTS) is 1. The Labute approximate surface area is 205 Å². The van der Waals surface area contributed by atoms with Crippen LogP contribution >= 0.6 is 0 Å². The third kappa shape index (κ3) is 4.51. The maximum absolute atomic E-state index is 13.0. The van der Waals surface area contributed by atoms with Crippen molar-refractivity contribution in [3.63, 3.8) is 0 Å². The normalized spacial score (nSPS) is 23.3. The molecule has 0 spiro atoms. The first-order chi connectivity index (χ1) is 17.0. The number of carbonyl (C=O) groups excluding carboxylic acids is 2. The summed E-state index contributed by atoms with van der Waals surface area (Å²) >= 11 is 0. The zero-order valence-electron chi connectivity index (χ0n) is 20.0. The molecule has 5 rings (SSSR count). The maximum Gasteiger partial charge on any atom is 0.407 e. The lowest BCUT2D eigenvalue weighted by Crippen LogP contribution is -2.49. The van der Waals surface area contributed by atoms with Gasteiger partial charge < -0.3 is 20.1 Å². The number of fused-ring (bicyclic) bond motifs is 5. The van der Waals surface area contributed by atoms with Gasteiger partial charge in [0.2, 0.25) is 5.91 Å². The number of benzene rings is 2. The fourth-order valence-electron chi connectivity index (χ4n) is 6.27. The summed E-state index contributed by atoms with van der Waals surface area (Å²) in [6.07, 6.45) is 2.00. The molecule has 1 saturated heterocycles. The Hall–Kier alpha value is -3.35. The third-order valence-corrected chi connectivity index (χ3v) is 8.05. The number of carboxylic acids is 1. The van der Waals surface area contributed by atoms with E-state index in [1.54, 1.807) is 4.90 Å². The standard InChI is InChI=1S/C28H32N2O5/c1-2-19(13-25(31)30-14-17-11-12-18(15-30)26(17)27(32)33)29-28(34)35-16-24-22-9-5-3-7-20(22)21-8-4-6-10-23(21)24/h3-10,17-19,24,26H,2,11-16H2,1H3,(H,29,34)(H,32,33)/t17?,18?,19-,26?/m0/s1. The van der Waals surface area contributed by atoms with E-state index in [4.69, 9.17) is 4.74 Å². The second-order valence-corrected chi connectivity index (χ2v) is 10.0. The van der Waals surface area contributed by atoms with Crippen molar-refractivity contribution in [2.75, 3.05) is 19.7 Å². The maximum atomic E-state index is 13.0. The number of nitrogens with one attached hydrogen (secondary N) is 1. The van der Waals surface area contributed by atoms with Crippen LogP contribution in [0, 0.1) is 17.8 Å². The predicted molar refractivity (Wildman–Crippen MR) is 131 cm³/mol. The van der Waals surface area contributed by atoms with Crippen molar-refractivity contribution in [2.24, 2.45) is 17.8 Å². The van der Waals surface area contributed by atoms with E-state index < -0.39 is 12.1 Å². The van der Waals surface area contributed by atoms with Crippen LogP contribution in [0.4, 0.5) is 4.79 Å². The summed E-state index contributed by atoms with van der Waals surface area (Å²) in [5.74, 6) is -1.05. The van der Waals surface area contributed by atoms with Gasteiger partial charge >= 0.3 is 12.1 Å². The molecule has 1 saturated carbocycles. The highest BCUT2D eigenvalue weighted by Gasteiger charge is 2.47. The number of ether oxygens (including phenoxy) is 1. The fourth-order valence-corrected chi connectivity index (χ4v) is 6.27. The summed E-state index contributed by atoms with van der Waals surface area (Å²) < 4.78 is 5.64. The zero-order chi connectivity index (χ0) is 24.5. The third-order valence-electron chi connectivity index (χ3n) is 8.05. The number of likely N-dealkylation sites (tertiary alicyclic amines) is 1. The van der Waals surface area contributed by atoms with Crippen molar-refractivity contribution >= 4 is 18.0 Å². The number of rotatable bonds is 7. The van der Waals surface area contributed by atoms with Gasteiger partial charge in [-0.25, -0.2) is 4.79 Å². The molecule has 2 bridgehead atoms. The Balaban J connectivity index is 1.16. The molecule has 0 aromatic heterocycles.